The molecule has 1 aromatic heterocycles. The van der Waals surface area contributed by atoms with Gasteiger partial charge in [0.15, 0.2) is 5.13 Å². The Morgan fingerprint density at radius 1 is 1.05 bits per heavy atom. The van der Waals surface area contributed by atoms with Gasteiger partial charge in [0.25, 0.3) is 0 Å². The van der Waals surface area contributed by atoms with Gasteiger partial charge >= 0.3 is 0 Å². The number of hydrogen-bond donors (Lipinski definition) is 1. The Bertz CT molecular complexity index is 810. The van der Waals surface area contributed by atoms with Crippen molar-refractivity contribution in [2.75, 3.05) is 12.4 Å². The second-order valence-electron chi connectivity index (χ2n) is 4.31. The fourth-order valence-corrected chi connectivity index (χ4v) is 3.53. The maximum absolute atomic E-state index is 5.86. The summed E-state index contributed by atoms with van der Waals surface area (Å²) in [6.07, 6.45) is 0. The molecule has 0 aliphatic rings. The Morgan fingerprint density at radius 2 is 1.77 bits per heavy atom. The van der Waals surface area contributed by atoms with Crippen LogP contribution in [0.15, 0.2) is 53.5 Å². The zero-order chi connectivity index (χ0) is 15.4. The van der Waals surface area contributed by atoms with E-state index in [2.05, 4.69) is 15.3 Å². The predicted molar refractivity (Wildman–Crippen MR) is 92.9 cm³/mol. The Labute approximate surface area is 140 Å². The van der Waals surface area contributed by atoms with Crippen molar-refractivity contribution in [1.29, 1.82) is 0 Å². The number of aromatic nitrogens is 1. The van der Waals surface area contributed by atoms with Crippen molar-refractivity contribution in [2.45, 2.75) is 0 Å². The van der Waals surface area contributed by atoms with Crippen molar-refractivity contribution in [2.24, 2.45) is 4.99 Å². The number of nitrogens with one attached hydrogen (secondary N) is 1. The lowest BCUT2D eigenvalue weighted by atomic mass is 10.3. The standard InChI is InChI=1S/C15H12ClN3OS2/c1-20-13-8-6-12(7-9-13)18-15-19-14(21-22-15)17-11-4-2-10(16)3-5-11/h2-9H,1H3,(H,17,18,19). The highest BCUT2D eigenvalue weighted by atomic mass is 35.5. The number of benzene rings is 2. The Balaban J connectivity index is 1.76. The van der Waals surface area contributed by atoms with Gasteiger partial charge in [0.2, 0.25) is 4.80 Å². The molecular formula is C15H12ClN3OS2. The molecule has 0 bridgehead atoms. The minimum absolute atomic E-state index is 0.697. The van der Waals surface area contributed by atoms with E-state index in [0.717, 1.165) is 22.3 Å². The molecular weight excluding hydrogens is 338 g/mol. The number of ether oxygens (including phenoxy) is 1. The van der Waals surface area contributed by atoms with Gasteiger partial charge in [-0.1, -0.05) is 11.6 Å². The largest absolute Gasteiger partial charge is 0.497 e. The van der Waals surface area contributed by atoms with Crippen LogP contribution >= 0.6 is 32.3 Å². The minimum Gasteiger partial charge on any atom is -0.497 e. The molecule has 0 saturated heterocycles. The zero-order valence-corrected chi connectivity index (χ0v) is 14.0. The molecule has 112 valence electrons. The first-order valence-corrected chi connectivity index (χ1v) is 8.94. The third kappa shape index (κ3) is 3.85. The molecule has 1 N–H and O–H groups in total. The summed E-state index contributed by atoms with van der Waals surface area (Å²) in [6.45, 7) is 0. The summed E-state index contributed by atoms with van der Waals surface area (Å²) < 4.78 is 5.14. The molecule has 0 atom stereocenters. The molecule has 0 unspecified atom stereocenters. The molecule has 0 saturated carbocycles. The number of rotatable bonds is 4. The lowest BCUT2D eigenvalue weighted by Crippen LogP contribution is -1.99. The van der Waals surface area contributed by atoms with Crippen molar-refractivity contribution in [3.8, 4) is 5.75 Å². The number of nitrogens with zero attached hydrogens (tertiary/aromatic N) is 2. The van der Waals surface area contributed by atoms with E-state index in [-0.39, 0.29) is 0 Å². The third-order valence-electron chi connectivity index (χ3n) is 2.78. The smallest absolute Gasteiger partial charge is 0.222 e. The van der Waals surface area contributed by atoms with Gasteiger partial charge in [-0.2, -0.15) is 4.98 Å². The first-order chi connectivity index (χ1) is 10.7. The summed E-state index contributed by atoms with van der Waals surface area (Å²) in [4.78, 5) is 9.64. The van der Waals surface area contributed by atoms with E-state index in [4.69, 9.17) is 16.3 Å². The molecule has 1 heterocycles. The summed E-state index contributed by atoms with van der Waals surface area (Å²) in [7, 11) is 4.71. The highest BCUT2D eigenvalue weighted by molar-refractivity contribution is 7.69. The second-order valence-corrected chi connectivity index (χ2v) is 6.83. The van der Waals surface area contributed by atoms with Gasteiger partial charge in [-0.3, -0.25) is 0 Å². The van der Waals surface area contributed by atoms with E-state index in [0.29, 0.717) is 9.82 Å². The van der Waals surface area contributed by atoms with Gasteiger partial charge < -0.3 is 10.1 Å². The summed E-state index contributed by atoms with van der Waals surface area (Å²) in [5.74, 6) is 0.825. The third-order valence-corrected chi connectivity index (χ3v) is 4.97. The fraction of sp³-hybridized carbons (Fsp3) is 0.0667. The summed E-state index contributed by atoms with van der Waals surface area (Å²) >= 11 is 5.86. The number of hydrogen-bond acceptors (Lipinski definition) is 6. The van der Waals surface area contributed by atoms with Gasteiger partial charge in [0.1, 0.15) is 5.75 Å². The molecule has 4 nitrogen and oxygen atoms in total. The summed E-state index contributed by atoms with van der Waals surface area (Å²) in [5.41, 5.74) is 1.79. The average molecular weight is 350 g/mol. The van der Waals surface area contributed by atoms with Crippen molar-refractivity contribution in [3.63, 3.8) is 0 Å². The van der Waals surface area contributed by atoms with Crippen LogP contribution in [0.2, 0.25) is 5.02 Å². The first-order valence-electron chi connectivity index (χ1n) is 6.41. The molecule has 0 aliphatic carbocycles. The maximum atomic E-state index is 5.86. The highest BCUT2D eigenvalue weighted by Crippen LogP contribution is 2.22. The van der Waals surface area contributed by atoms with Crippen molar-refractivity contribution < 1.29 is 4.74 Å². The number of anilines is 2. The minimum atomic E-state index is 0.697. The molecule has 3 aromatic rings. The van der Waals surface area contributed by atoms with Crippen LogP contribution < -0.4 is 14.9 Å². The van der Waals surface area contributed by atoms with Crippen LogP contribution in [0.25, 0.3) is 0 Å². The summed E-state index contributed by atoms with van der Waals surface area (Å²) in [5, 5.41) is 4.76. The highest BCUT2D eigenvalue weighted by Gasteiger charge is 2.00. The molecule has 22 heavy (non-hydrogen) atoms. The average Bonchev–Trinajstić information content (AvgIpc) is 2.97. The van der Waals surface area contributed by atoms with E-state index in [1.54, 1.807) is 17.5 Å². The normalized spacial score (nSPS) is 11.5. The van der Waals surface area contributed by atoms with E-state index in [1.165, 1.54) is 10.3 Å². The lowest BCUT2D eigenvalue weighted by Gasteiger charge is -2.03. The Hall–Kier alpha value is -1.89. The van der Waals surface area contributed by atoms with Gasteiger partial charge in [-0.15, -0.1) is 0 Å². The quantitative estimate of drug-likeness (QED) is 0.685. The van der Waals surface area contributed by atoms with Crippen LogP contribution in [0.3, 0.4) is 0 Å². The number of halogens is 1. The van der Waals surface area contributed by atoms with Crippen LogP contribution in [0.4, 0.5) is 16.5 Å². The van der Waals surface area contributed by atoms with E-state index in [9.17, 15) is 0 Å². The van der Waals surface area contributed by atoms with E-state index in [1.807, 2.05) is 48.5 Å². The first kappa shape index (κ1) is 15.0. The van der Waals surface area contributed by atoms with Gasteiger partial charge in [-0.25, -0.2) is 4.99 Å². The molecule has 0 amide bonds. The van der Waals surface area contributed by atoms with Crippen LogP contribution in [-0.4, -0.2) is 12.1 Å². The molecule has 0 fully saturated rings. The monoisotopic (exact) mass is 349 g/mol. The van der Waals surface area contributed by atoms with Crippen LogP contribution in [-0.2, 0) is 0 Å². The Morgan fingerprint density at radius 3 is 2.45 bits per heavy atom. The molecule has 0 radical (unpaired) electrons. The predicted octanol–water partition coefficient (Wildman–Crippen LogP) is 4.84. The van der Waals surface area contributed by atoms with Crippen molar-refractivity contribution in [3.05, 3.63) is 58.4 Å². The summed E-state index contributed by atoms with van der Waals surface area (Å²) in [6, 6.07) is 15.1. The number of methoxy groups -OCH3 is 1. The zero-order valence-electron chi connectivity index (χ0n) is 11.6. The van der Waals surface area contributed by atoms with Crippen LogP contribution in [0, 0.1) is 0 Å². The van der Waals surface area contributed by atoms with E-state index < -0.39 is 0 Å². The molecule has 0 aliphatic heterocycles. The van der Waals surface area contributed by atoms with Crippen molar-refractivity contribution in [1.82, 2.24) is 4.98 Å². The topological polar surface area (TPSA) is 46.5 Å². The van der Waals surface area contributed by atoms with Crippen LogP contribution in [0.5, 0.6) is 5.75 Å². The molecule has 0 spiro atoms. The molecule has 2 aromatic carbocycles. The van der Waals surface area contributed by atoms with Crippen molar-refractivity contribution >= 4 is 48.8 Å². The lowest BCUT2D eigenvalue weighted by molar-refractivity contribution is 0.415. The van der Waals surface area contributed by atoms with Gasteiger partial charge in [-0.05, 0) is 69.2 Å². The SMILES string of the molecule is COc1ccc(Nc2nc(=Nc3ccc(Cl)cc3)ss2)cc1. The van der Waals surface area contributed by atoms with Gasteiger partial charge in [0.05, 0.1) is 12.8 Å². The molecule has 3 rings (SSSR count). The maximum Gasteiger partial charge on any atom is 0.222 e. The Kier molecular flexibility index (Phi) is 4.72. The fourth-order valence-electron chi connectivity index (χ4n) is 1.72. The molecule has 7 heteroatoms. The van der Waals surface area contributed by atoms with E-state index >= 15 is 0 Å². The van der Waals surface area contributed by atoms with Crippen LogP contribution in [0.1, 0.15) is 0 Å². The van der Waals surface area contributed by atoms with Gasteiger partial charge in [0, 0.05) is 10.7 Å². The second kappa shape index (κ2) is 6.91.